The van der Waals surface area contributed by atoms with Gasteiger partial charge in [-0.05, 0) is 12.8 Å². The molecule has 0 atom stereocenters. The van der Waals surface area contributed by atoms with E-state index in [4.69, 9.17) is 0 Å². The van der Waals surface area contributed by atoms with Crippen molar-refractivity contribution in [1.29, 1.82) is 0 Å². The summed E-state index contributed by atoms with van der Waals surface area (Å²) >= 11 is 0. The SMILES string of the molecule is O=C1CC(=O)C2=C1CCCN2. The summed E-state index contributed by atoms with van der Waals surface area (Å²) in [7, 11) is 0. The topological polar surface area (TPSA) is 46.2 Å². The predicted molar refractivity (Wildman–Crippen MR) is 38.9 cm³/mol. The fourth-order valence-corrected chi connectivity index (χ4v) is 1.60. The number of ketones is 2. The van der Waals surface area contributed by atoms with Crippen LogP contribution in [0.15, 0.2) is 11.3 Å². The maximum absolute atomic E-state index is 11.1. The zero-order chi connectivity index (χ0) is 7.84. The third-order valence-electron chi connectivity index (χ3n) is 2.14. The molecule has 0 aromatic heterocycles. The minimum Gasteiger partial charge on any atom is -0.382 e. The largest absolute Gasteiger partial charge is 0.382 e. The van der Waals surface area contributed by atoms with Gasteiger partial charge in [0.15, 0.2) is 11.6 Å². The van der Waals surface area contributed by atoms with E-state index in [1.54, 1.807) is 0 Å². The highest BCUT2D eigenvalue weighted by atomic mass is 16.2. The van der Waals surface area contributed by atoms with Crippen LogP contribution in [0.25, 0.3) is 0 Å². The molecule has 0 spiro atoms. The second-order valence-electron chi connectivity index (χ2n) is 2.91. The van der Waals surface area contributed by atoms with Gasteiger partial charge < -0.3 is 5.32 Å². The molecule has 0 radical (unpaired) electrons. The molecule has 58 valence electrons. The molecule has 0 aromatic rings. The Hall–Kier alpha value is -1.12. The van der Waals surface area contributed by atoms with Crippen molar-refractivity contribution in [2.45, 2.75) is 19.3 Å². The number of nitrogens with one attached hydrogen (secondary N) is 1. The minimum absolute atomic E-state index is 0.0234. The van der Waals surface area contributed by atoms with Gasteiger partial charge in [0, 0.05) is 12.1 Å². The molecular formula is C8H9NO2. The first-order valence-corrected chi connectivity index (χ1v) is 3.82. The zero-order valence-corrected chi connectivity index (χ0v) is 6.14. The highest BCUT2D eigenvalue weighted by Crippen LogP contribution is 2.24. The molecule has 0 bridgehead atoms. The van der Waals surface area contributed by atoms with Gasteiger partial charge in [0.05, 0.1) is 12.1 Å². The van der Waals surface area contributed by atoms with Crippen molar-refractivity contribution >= 4 is 11.6 Å². The normalized spacial score (nSPS) is 23.6. The van der Waals surface area contributed by atoms with Crippen LogP contribution in [-0.2, 0) is 9.59 Å². The van der Waals surface area contributed by atoms with E-state index in [2.05, 4.69) is 5.32 Å². The average molecular weight is 151 g/mol. The first-order chi connectivity index (χ1) is 5.29. The van der Waals surface area contributed by atoms with E-state index >= 15 is 0 Å². The van der Waals surface area contributed by atoms with E-state index < -0.39 is 0 Å². The molecule has 0 amide bonds. The Morgan fingerprint density at radius 3 is 2.73 bits per heavy atom. The Bertz CT molecular complexity index is 239. The van der Waals surface area contributed by atoms with Crippen LogP contribution in [-0.4, -0.2) is 18.1 Å². The van der Waals surface area contributed by atoms with Gasteiger partial charge in [0.25, 0.3) is 0 Å². The first-order valence-electron chi connectivity index (χ1n) is 3.82. The summed E-state index contributed by atoms with van der Waals surface area (Å²) in [5.41, 5.74) is 1.34. The summed E-state index contributed by atoms with van der Waals surface area (Å²) in [5, 5.41) is 2.97. The van der Waals surface area contributed by atoms with E-state index in [9.17, 15) is 9.59 Å². The average Bonchev–Trinajstić information content (AvgIpc) is 2.30. The molecular weight excluding hydrogens is 142 g/mol. The smallest absolute Gasteiger partial charge is 0.186 e. The summed E-state index contributed by atoms with van der Waals surface area (Å²) in [5.74, 6) is 0.00176. The van der Waals surface area contributed by atoms with Gasteiger partial charge in [-0.25, -0.2) is 0 Å². The van der Waals surface area contributed by atoms with Crippen LogP contribution < -0.4 is 5.32 Å². The van der Waals surface area contributed by atoms with E-state index in [0.29, 0.717) is 5.70 Å². The van der Waals surface area contributed by atoms with E-state index in [1.807, 2.05) is 0 Å². The molecule has 1 aliphatic carbocycles. The number of carbonyl (C=O) groups excluding carboxylic acids is 2. The molecule has 0 fully saturated rings. The second kappa shape index (κ2) is 2.19. The highest BCUT2D eigenvalue weighted by molar-refractivity contribution is 6.22. The molecule has 0 saturated carbocycles. The van der Waals surface area contributed by atoms with Crippen LogP contribution in [0, 0.1) is 0 Å². The molecule has 2 aliphatic rings. The lowest BCUT2D eigenvalue weighted by Crippen LogP contribution is -2.23. The van der Waals surface area contributed by atoms with Crippen molar-refractivity contribution in [3.63, 3.8) is 0 Å². The summed E-state index contributed by atoms with van der Waals surface area (Å²) in [6, 6.07) is 0. The van der Waals surface area contributed by atoms with E-state index in [0.717, 1.165) is 25.0 Å². The summed E-state index contributed by atoms with van der Waals surface area (Å²) < 4.78 is 0. The molecule has 0 saturated heterocycles. The monoisotopic (exact) mass is 151 g/mol. The van der Waals surface area contributed by atoms with Crippen LogP contribution in [0.4, 0.5) is 0 Å². The van der Waals surface area contributed by atoms with Gasteiger partial charge in [-0.3, -0.25) is 9.59 Å². The Labute approximate surface area is 64.5 Å². The molecule has 1 aliphatic heterocycles. The lowest BCUT2D eigenvalue weighted by molar-refractivity contribution is -0.121. The maximum Gasteiger partial charge on any atom is 0.186 e. The van der Waals surface area contributed by atoms with E-state index in [-0.39, 0.29) is 18.0 Å². The number of rotatable bonds is 0. The zero-order valence-electron chi connectivity index (χ0n) is 6.14. The molecule has 1 N–H and O–H groups in total. The fraction of sp³-hybridized carbons (Fsp3) is 0.500. The van der Waals surface area contributed by atoms with Crippen LogP contribution >= 0.6 is 0 Å². The summed E-state index contributed by atoms with van der Waals surface area (Å²) in [6.45, 7) is 0.831. The first kappa shape index (κ1) is 6.58. The van der Waals surface area contributed by atoms with Crippen LogP contribution in [0.5, 0.6) is 0 Å². The Kier molecular flexibility index (Phi) is 1.31. The van der Waals surface area contributed by atoms with Crippen molar-refractivity contribution in [2.75, 3.05) is 6.54 Å². The number of hydrogen-bond acceptors (Lipinski definition) is 3. The Balaban J connectivity index is 2.40. The third-order valence-corrected chi connectivity index (χ3v) is 2.14. The fourth-order valence-electron chi connectivity index (χ4n) is 1.60. The number of allylic oxidation sites excluding steroid dienone is 2. The molecule has 1 heterocycles. The van der Waals surface area contributed by atoms with Crippen LogP contribution in [0.1, 0.15) is 19.3 Å². The molecule has 0 unspecified atom stereocenters. The van der Waals surface area contributed by atoms with E-state index in [1.165, 1.54) is 0 Å². The van der Waals surface area contributed by atoms with Crippen molar-refractivity contribution in [3.05, 3.63) is 11.3 Å². The quantitative estimate of drug-likeness (QED) is 0.502. The summed E-state index contributed by atoms with van der Waals surface area (Å²) in [4.78, 5) is 22.2. The molecule has 2 rings (SSSR count). The molecule has 3 heteroatoms. The van der Waals surface area contributed by atoms with Crippen LogP contribution in [0.2, 0.25) is 0 Å². The lowest BCUT2D eigenvalue weighted by atomic mass is 10.1. The highest BCUT2D eigenvalue weighted by Gasteiger charge is 2.31. The third kappa shape index (κ3) is 0.878. The molecule has 0 aromatic carbocycles. The Morgan fingerprint density at radius 2 is 2.00 bits per heavy atom. The second-order valence-corrected chi connectivity index (χ2v) is 2.91. The number of Topliss-reactive ketones (excluding diaryl/α,β-unsaturated/α-hetero) is 2. The lowest BCUT2D eigenvalue weighted by Gasteiger charge is -2.13. The molecule has 11 heavy (non-hydrogen) atoms. The van der Waals surface area contributed by atoms with Gasteiger partial charge in [-0.1, -0.05) is 0 Å². The standard InChI is InChI=1S/C8H9NO2/c10-6-4-7(11)8-5(6)2-1-3-9-8/h9H,1-4H2. The van der Waals surface area contributed by atoms with Gasteiger partial charge in [0.1, 0.15) is 0 Å². The van der Waals surface area contributed by atoms with Crippen molar-refractivity contribution in [3.8, 4) is 0 Å². The minimum atomic E-state index is -0.0234. The Morgan fingerprint density at radius 1 is 1.18 bits per heavy atom. The van der Waals surface area contributed by atoms with Crippen molar-refractivity contribution < 1.29 is 9.59 Å². The van der Waals surface area contributed by atoms with Crippen molar-refractivity contribution in [2.24, 2.45) is 0 Å². The molecule has 3 nitrogen and oxygen atoms in total. The van der Waals surface area contributed by atoms with Crippen molar-refractivity contribution in [1.82, 2.24) is 5.32 Å². The summed E-state index contributed by atoms with van der Waals surface area (Å²) in [6.07, 6.45) is 1.85. The number of carbonyl (C=O) groups is 2. The van der Waals surface area contributed by atoms with Gasteiger partial charge in [0.2, 0.25) is 0 Å². The predicted octanol–water partition coefficient (Wildman–Crippen LogP) is 0.166. The maximum atomic E-state index is 11.1. The van der Waals surface area contributed by atoms with Gasteiger partial charge >= 0.3 is 0 Å². The van der Waals surface area contributed by atoms with Gasteiger partial charge in [-0.15, -0.1) is 0 Å². The number of hydrogen-bond donors (Lipinski definition) is 1. The van der Waals surface area contributed by atoms with Gasteiger partial charge in [-0.2, -0.15) is 0 Å². The van der Waals surface area contributed by atoms with Crippen LogP contribution in [0.3, 0.4) is 0 Å².